The highest BCUT2D eigenvalue weighted by atomic mass is 16.5. The molecule has 0 N–H and O–H groups in total. The van der Waals surface area contributed by atoms with E-state index in [-0.39, 0.29) is 5.78 Å². The van der Waals surface area contributed by atoms with Crippen LogP contribution in [-0.2, 0) is 12.8 Å². The molecular formula is C35H54O4. The van der Waals surface area contributed by atoms with Gasteiger partial charge in [-0.05, 0) is 67.5 Å². The third-order valence-corrected chi connectivity index (χ3v) is 7.18. The Balaban J connectivity index is 2.10. The Morgan fingerprint density at radius 3 is 1.77 bits per heavy atom. The van der Waals surface area contributed by atoms with Crippen LogP contribution in [0.2, 0.25) is 0 Å². The fraction of sp³-hybridized carbons (Fsp3) is 0.629. The fourth-order valence-electron chi connectivity index (χ4n) is 4.66. The zero-order valence-electron chi connectivity index (χ0n) is 25.3. The van der Waals surface area contributed by atoms with Gasteiger partial charge in [0.1, 0.15) is 17.2 Å². The lowest BCUT2D eigenvalue weighted by molar-refractivity contribution is 0.0978. The SMILES string of the molecule is CCCCCCOc1ccc(OCCCCCC)c(C(=O)CCc2cc(CC)ccc2OCCCCCC)c1. The van der Waals surface area contributed by atoms with E-state index in [2.05, 4.69) is 45.9 Å². The van der Waals surface area contributed by atoms with Gasteiger partial charge in [-0.2, -0.15) is 0 Å². The first-order chi connectivity index (χ1) is 19.1. The van der Waals surface area contributed by atoms with Crippen molar-refractivity contribution in [3.63, 3.8) is 0 Å². The van der Waals surface area contributed by atoms with Crippen LogP contribution in [0.3, 0.4) is 0 Å². The largest absolute Gasteiger partial charge is 0.494 e. The molecule has 218 valence electrons. The molecule has 2 rings (SSSR count). The summed E-state index contributed by atoms with van der Waals surface area (Å²) in [5.41, 5.74) is 3.01. The van der Waals surface area contributed by atoms with Crippen LogP contribution < -0.4 is 14.2 Å². The minimum absolute atomic E-state index is 0.0887. The molecule has 0 atom stereocenters. The molecule has 0 saturated heterocycles. The average molecular weight is 539 g/mol. The predicted molar refractivity (Wildman–Crippen MR) is 164 cm³/mol. The van der Waals surface area contributed by atoms with E-state index in [9.17, 15) is 4.79 Å². The van der Waals surface area contributed by atoms with Gasteiger partial charge in [0.05, 0.1) is 25.4 Å². The molecule has 0 unspecified atom stereocenters. The zero-order chi connectivity index (χ0) is 28.1. The maximum Gasteiger partial charge on any atom is 0.167 e. The van der Waals surface area contributed by atoms with E-state index >= 15 is 0 Å². The minimum Gasteiger partial charge on any atom is -0.494 e. The van der Waals surface area contributed by atoms with Crippen molar-refractivity contribution in [1.29, 1.82) is 0 Å². The molecule has 0 amide bonds. The summed E-state index contributed by atoms with van der Waals surface area (Å²) in [5, 5.41) is 0. The van der Waals surface area contributed by atoms with Crippen LogP contribution in [0, 0.1) is 0 Å². The van der Waals surface area contributed by atoms with Crippen molar-refractivity contribution in [2.45, 2.75) is 124 Å². The lowest BCUT2D eigenvalue weighted by Crippen LogP contribution is -2.08. The molecule has 0 heterocycles. The third-order valence-electron chi connectivity index (χ3n) is 7.18. The van der Waals surface area contributed by atoms with E-state index in [4.69, 9.17) is 14.2 Å². The van der Waals surface area contributed by atoms with Crippen molar-refractivity contribution >= 4 is 5.78 Å². The quantitative estimate of drug-likeness (QED) is 0.104. The van der Waals surface area contributed by atoms with Crippen molar-refractivity contribution in [3.8, 4) is 17.2 Å². The molecule has 0 aliphatic heterocycles. The number of Topliss-reactive ketones (excluding diaryl/α,β-unsaturated/α-hetero) is 1. The van der Waals surface area contributed by atoms with Gasteiger partial charge in [0.2, 0.25) is 0 Å². The number of hydrogen-bond acceptors (Lipinski definition) is 4. The topological polar surface area (TPSA) is 44.8 Å². The Morgan fingerprint density at radius 2 is 1.18 bits per heavy atom. The normalized spacial score (nSPS) is 11.0. The Labute approximate surface area is 238 Å². The number of rotatable bonds is 23. The molecule has 4 heteroatoms. The van der Waals surface area contributed by atoms with Crippen LogP contribution >= 0.6 is 0 Å². The Hall–Kier alpha value is -2.49. The van der Waals surface area contributed by atoms with Gasteiger partial charge in [-0.3, -0.25) is 4.79 Å². The van der Waals surface area contributed by atoms with Gasteiger partial charge in [-0.25, -0.2) is 0 Å². The van der Waals surface area contributed by atoms with Crippen LogP contribution in [0.25, 0.3) is 0 Å². The van der Waals surface area contributed by atoms with Crippen molar-refractivity contribution in [2.24, 2.45) is 0 Å². The lowest BCUT2D eigenvalue weighted by Gasteiger charge is -2.15. The molecule has 4 nitrogen and oxygen atoms in total. The van der Waals surface area contributed by atoms with E-state index in [1.54, 1.807) is 0 Å². The number of ether oxygens (including phenoxy) is 3. The molecule has 39 heavy (non-hydrogen) atoms. The summed E-state index contributed by atoms with van der Waals surface area (Å²) >= 11 is 0. The maximum atomic E-state index is 13.6. The summed E-state index contributed by atoms with van der Waals surface area (Å²) < 4.78 is 18.3. The minimum atomic E-state index is 0.0887. The molecule has 0 fully saturated rings. The molecule has 0 aliphatic carbocycles. The van der Waals surface area contributed by atoms with Gasteiger partial charge in [0, 0.05) is 6.42 Å². The first-order valence-electron chi connectivity index (χ1n) is 15.8. The summed E-state index contributed by atoms with van der Waals surface area (Å²) in [6, 6.07) is 12.2. The highest BCUT2D eigenvalue weighted by molar-refractivity contribution is 5.99. The summed E-state index contributed by atoms with van der Waals surface area (Å²) in [7, 11) is 0. The van der Waals surface area contributed by atoms with Crippen molar-refractivity contribution < 1.29 is 19.0 Å². The van der Waals surface area contributed by atoms with Crippen LogP contribution in [-0.4, -0.2) is 25.6 Å². The van der Waals surface area contributed by atoms with Gasteiger partial charge in [-0.1, -0.05) is 97.6 Å². The molecule has 0 saturated carbocycles. The highest BCUT2D eigenvalue weighted by Crippen LogP contribution is 2.28. The molecule has 0 aromatic heterocycles. The van der Waals surface area contributed by atoms with Crippen LogP contribution in [0.15, 0.2) is 36.4 Å². The summed E-state index contributed by atoms with van der Waals surface area (Å²) in [6.07, 6.45) is 15.9. The first kappa shape index (κ1) is 32.7. The molecule has 0 aliphatic rings. The second-order valence-corrected chi connectivity index (χ2v) is 10.6. The molecule has 0 bridgehead atoms. The number of carbonyl (C=O) groups excluding carboxylic acids is 1. The van der Waals surface area contributed by atoms with Gasteiger partial charge < -0.3 is 14.2 Å². The summed E-state index contributed by atoms with van der Waals surface area (Å²) in [6.45, 7) is 10.8. The van der Waals surface area contributed by atoms with E-state index < -0.39 is 0 Å². The van der Waals surface area contributed by atoms with Crippen molar-refractivity contribution in [1.82, 2.24) is 0 Å². The van der Waals surface area contributed by atoms with E-state index in [1.807, 2.05) is 18.2 Å². The van der Waals surface area contributed by atoms with Crippen molar-refractivity contribution in [2.75, 3.05) is 19.8 Å². The number of aryl methyl sites for hydroxylation is 2. The molecule has 0 radical (unpaired) electrons. The van der Waals surface area contributed by atoms with Gasteiger partial charge in [0.15, 0.2) is 5.78 Å². The lowest BCUT2D eigenvalue weighted by atomic mass is 9.99. The van der Waals surface area contributed by atoms with Crippen LogP contribution in [0.4, 0.5) is 0 Å². The van der Waals surface area contributed by atoms with Gasteiger partial charge >= 0.3 is 0 Å². The number of benzene rings is 2. The second kappa shape index (κ2) is 20.4. The third kappa shape index (κ3) is 12.9. The number of hydrogen-bond donors (Lipinski definition) is 0. The highest BCUT2D eigenvalue weighted by Gasteiger charge is 2.16. The Morgan fingerprint density at radius 1 is 0.615 bits per heavy atom. The zero-order valence-corrected chi connectivity index (χ0v) is 25.3. The summed E-state index contributed by atoms with van der Waals surface area (Å²) in [5.74, 6) is 2.42. The van der Waals surface area contributed by atoms with E-state index in [1.165, 1.54) is 56.9 Å². The smallest absolute Gasteiger partial charge is 0.167 e. The van der Waals surface area contributed by atoms with Crippen LogP contribution in [0.1, 0.15) is 133 Å². The summed E-state index contributed by atoms with van der Waals surface area (Å²) in [4.78, 5) is 13.6. The Bertz CT molecular complexity index is 936. The number of unbranched alkanes of at least 4 members (excludes halogenated alkanes) is 9. The maximum absolute atomic E-state index is 13.6. The standard InChI is InChI=1S/C35H54O4/c1-5-9-12-15-24-37-31-20-23-35(39-26-17-14-11-7-3)32(28-31)33(36)21-19-30-27-29(8-4)18-22-34(30)38-25-16-13-10-6-2/h18,20,22-23,27-28H,5-17,19,21,24-26H2,1-4H3. The Kier molecular flexibility index (Phi) is 17.1. The van der Waals surface area contributed by atoms with E-state index in [0.29, 0.717) is 37.4 Å². The fourth-order valence-corrected chi connectivity index (χ4v) is 4.66. The van der Waals surface area contributed by atoms with Gasteiger partial charge in [-0.15, -0.1) is 0 Å². The van der Waals surface area contributed by atoms with Gasteiger partial charge in [0.25, 0.3) is 0 Å². The molecule has 2 aromatic rings. The molecular weight excluding hydrogens is 484 g/mol. The van der Waals surface area contributed by atoms with Crippen molar-refractivity contribution in [3.05, 3.63) is 53.1 Å². The molecule has 2 aromatic carbocycles. The average Bonchev–Trinajstić information content (AvgIpc) is 2.96. The van der Waals surface area contributed by atoms with Crippen LogP contribution in [0.5, 0.6) is 17.2 Å². The monoisotopic (exact) mass is 538 g/mol. The first-order valence-corrected chi connectivity index (χ1v) is 15.8. The molecule has 0 spiro atoms. The predicted octanol–water partition coefficient (Wildman–Crippen LogP) is 9.94. The second-order valence-electron chi connectivity index (χ2n) is 10.6. The van der Waals surface area contributed by atoms with E-state index in [0.717, 1.165) is 55.8 Å². The number of ketones is 1. The number of carbonyl (C=O) groups is 1.